The van der Waals surface area contributed by atoms with Crippen LogP contribution in [0.4, 0.5) is 0 Å². The minimum absolute atomic E-state index is 0.132. The summed E-state index contributed by atoms with van der Waals surface area (Å²) >= 11 is 0. The summed E-state index contributed by atoms with van der Waals surface area (Å²) in [5.74, 6) is 0.963. The van der Waals surface area contributed by atoms with Crippen molar-refractivity contribution < 1.29 is 19.1 Å². The molecule has 0 radical (unpaired) electrons. The SMILES string of the molecule is CCCNC(=O)[C@@H](CC)N(Cc1cccc(OC)c1)C(=O)COc1ccc(CC)cc1. The molecule has 2 rings (SSSR count). The van der Waals surface area contributed by atoms with Crippen molar-refractivity contribution in [3.8, 4) is 11.5 Å². The third-order valence-electron chi connectivity index (χ3n) is 5.12. The molecule has 31 heavy (non-hydrogen) atoms. The van der Waals surface area contributed by atoms with Crippen LogP contribution in [-0.4, -0.2) is 43.0 Å². The minimum Gasteiger partial charge on any atom is -0.497 e. The number of nitrogens with one attached hydrogen (secondary N) is 1. The van der Waals surface area contributed by atoms with Crippen molar-refractivity contribution in [2.24, 2.45) is 0 Å². The Balaban J connectivity index is 2.18. The molecule has 6 heteroatoms. The minimum atomic E-state index is -0.573. The lowest BCUT2D eigenvalue weighted by molar-refractivity contribution is -0.143. The molecule has 2 aromatic carbocycles. The first-order valence-electron chi connectivity index (χ1n) is 10.9. The number of benzene rings is 2. The molecule has 0 spiro atoms. The maximum absolute atomic E-state index is 13.2. The number of carbonyl (C=O) groups is 2. The van der Waals surface area contributed by atoms with E-state index in [2.05, 4.69) is 12.2 Å². The van der Waals surface area contributed by atoms with Gasteiger partial charge in [0.2, 0.25) is 5.91 Å². The van der Waals surface area contributed by atoms with Gasteiger partial charge in [-0.15, -0.1) is 0 Å². The predicted molar refractivity (Wildman–Crippen MR) is 122 cm³/mol. The molecule has 0 fully saturated rings. The zero-order valence-corrected chi connectivity index (χ0v) is 19.0. The van der Waals surface area contributed by atoms with Crippen molar-refractivity contribution in [1.82, 2.24) is 10.2 Å². The molecule has 0 bridgehead atoms. The van der Waals surface area contributed by atoms with Crippen molar-refractivity contribution >= 4 is 11.8 Å². The van der Waals surface area contributed by atoms with Crippen LogP contribution < -0.4 is 14.8 Å². The zero-order valence-electron chi connectivity index (χ0n) is 19.0. The van der Waals surface area contributed by atoms with Gasteiger partial charge in [-0.05, 0) is 54.7 Å². The van der Waals surface area contributed by atoms with E-state index in [4.69, 9.17) is 9.47 Å². The molecular formula is C25H34N2O4. The highest BCUT2D eigenvalue weighted by Gasteiger charge is 2.28. The van der Waals surface area contributed by atoms with Gasteiger partial charge in [-0.3, -0.25) is 9.59 Å². The van der Waals surface area contributed by atoms with Crippen molar-refractivity contribution in [3.05, 3.63) is 59.7 Å². The van der Waals surface area contributed by atoms with E-state index >= 15 is 0 Å². The van der Waals surface area contributed by atoms with Crippen LogP contribution in [0.5, 0.6) is 11.5 Å². The van der Waals surface area contributed by atoms with Crippen LogP contribution in [0.1, 0.15) is 44.7 Å². The summed E-state index contributed by atoms with van der Waals surface area (Å²) in [5.41, 5.74) is 2.10. The molecule has 0 aliphatic heterocycles. The summed E-state index contributed by atoms with van der Waals surface area (Å²) in [7, 11) is 1.60. The Labute approximate surface area is 185 Å². The van der Waals surface area contributed by atoms with E-state index in [1.165, 1.54) is 5.56 Å². The number of aryl methyl sites for hydroxylation is 1. The molecule has 0 saturated heterocycles. The van der Waals surface area contributed by atoms with Gasteiger partial charge in [-0.25, -0.2) is 0 Å². The Morgan fingerprint density at radius 1 is 1.00 bits per heavy atom. The van der Waals surface area contributed by atoms with Crippen molar-refractivity contribution in [2.75, 3.05) is 20.3 Å². The first-order chi connectivity index (χ1) is 15.0. The fourth-order valence-electron chi connectivity index (χ4n) is 3.30. The summed E-state index contributed by atoms with van der Waals surface area (Å²) in [6.07, 6.45) is 2.29. The molecule has 0 saturated carbocycles. The van der Waals surface area contributed by atoms with Crippen LogP contribution in [0.25, 0.3) is 0 Å². The number of amides is 2. The topological polar surface area (TPSA) is 67.9 Å². The van der Waals surface area contributed by atoms with Gasteiger partial charge in [0, 0.05) is 13.1 Å². The zero-order chi connectivity index (χ0) is 22.6. The normalized spacial score (nSPS) is 11.5. The van der Waals surface area contributed by atoms with Gasteiger partial charge in [0.15, 0.2) is 6.61 Å². The molecule has 0 aliphatic carbocycles. The lowest BCUT2D eigenvalue weighted by Crippen LogP contribution is -2.50. The fraction of sp³-hybridized carbons (Fsp3) is 0.440. The lowest BCUT2D eigenvalue weighted by atomic mass is 10.1. The number of nitrogens with zero attached hydrogens (tertiary/aromatic N) is 1. The van der Waals surface area contributed by atoms with Gasteiger partial charge in [0.1, 0.15) is 17.5 Å². The molecule has 0 aliphatic rings. The Bertz CT molecular complexity index is 836. The summed E-state index contributed by atoms with van der Waals surface area (Å²) in [6.45, 7) is 6.74. The van der Waals surface area contributed by atoms with E-state index < -0.39 is 6.04 Å². The molecule has 2 aromatic rings. The molecule has 0 aromatic heterocycles. The van der Waals surface area contributed by atoms with Crippen molar-refractivity contribution in [1.29, 1.82) is 0 Å². The molecule has 6 nitrogen and oxygen atoms in total. The van der Waals surface area contributed by atoms with Gasteiger partial charge in [0.25, 0.3) is 5.91 Å². The van der Waals surface area contributed by atoms with Gasteiger partial charge in [-0.1, -0.05) is 45.0 Å². The Kier molecular flexibility index (Phi) is 9.88. The lowest BCUT2D eigenvalue weighted by Gasteiger charge is -2.30. The number of methoxy groups -OCH3 is 1. The van der Waals surface area contributed by atoms with Crippen LogP contribution >= 0.6 is 0 Å². The van der Waals surface area contributed by atoms with E-state index in [9.17, 15) is 9.59 Å². The van der Waals surface area contributed by atoms with Crippen LogP contribution in [-0.2, 0) is 22.6 Å². The van der Waals surface area contributed by atoms with Crippen molar-refractivity contribution in [2.45, 2.75) is 52.6 Å². The van der Waals surface area contributed by atoms with Crippen LogP contribution in [0.3, 0.4) is 0 Å². The number of ether oxygens (including phenoxy) is 2. The van der Waals surface area contributed by atoms with E-state index in [0.29, 0.717) is 31.0 Å². The summed E-state index contributed by atoms with van der Waals surface area (Å²) < 4.78 is 11.0. The number of rotatable bonds is 12. The number of carbonyl (C=O) groups excluding carboxylic acids is 2. The van der Waals surface area contributed by atoms with E-state index in [1.807, 2.05) is 62.4 Å². The van der Waals surface area contributed by atoms with Gasteiger partial charge in [0.05, 0.1) is 7.11 Å². The summed E-state index contributed by atoms with van der Waals surface area (Å²) in [5, 5.41) is 2.92. The summed E-state index contributed by atoms with van der Waals surface area (Å²) in [6, 6.07) is 14.7. The van der Waals surface area contributed by atoms with Crippen LogP contribution in [0.2, 0.25) is 0 Å². The van der Waals surface area contributed by atoms with E-state index in [0.717, 1.165) is 18.4 Å². The van der Waals surface area contributed by atoms with Crippen molar-refractivity contribution in [3.63, 3.8) is 0 Å². The first kappa shape index (κ1) is 24.3. The third kappa shape index (κ3) is 7.31. The maximum atomic E-state index is 13.2. The highest BCUT2D eigenvalue weighted by molar-refractivity contribution is 5.88. The average molecular weight is 427 g/mol. The molecule has 1 N–H and O–H groups in total. The van der Waals surface area contributed by atoms with Gasteiger partial charge >= 0.3 is 0 Å². The number of hydrogen-bond donors (Lipinski definition) is 1. The summed E-state index contributed by atoms with van der Waals surface area (Å²) in [4.78, 5) is 27.5. The monoisotopic (exact) mass is 426 g/mol. The molecular weight excluding hydrogens is 392 g/mol. The Morgan fingerprint density at radius 3 is 2.35 bits per heavy atom. The fourth-order valence-corrected chi connectivity index (χ4v) is 3.30. The molecule has 0 heterocycles. The van der Waals surface area contributed by atoms with E-state index in [-0.39, 0.29) is 18.4 Å². The second-order valence-electron chi connectivity index (χ2n) is 7.37. The number of hydrogen-bond acceptors (Lipinski definition) is 4. The first-order valence-corrected chi connectivity index (χ1v) is 10.9. The van der Waals surface area contributed by atoms with Crippen LogP contribution in [0.15, 0.2) is 48.5 Å². The molecule has 0 unspecified atom stereocenters. The maximum Gasteiger partial charge on any atom is 0.261 e. The van der Waals surface area contributed by atoms with Gasteiger partial charge < -0.3 is 19.7 Å². The average Bonchev–Trinajstić information content (AvgIpc) is 2.81. The second kappa shape index (κ2) is 12.6. The predicted octanol–water partition coefficient (Wildman–Crippen LogP) is 3.97. The standard InChI is InChI=1S/C25H34N2O4/c1-5-15-26-25(29)23(7-3)27(17-20-9-8-10-22(16-20)30-4)24(28)18-31-21-13-11-19(6-2)12-14-21/h8-14,16,23H,5-7,15,17-18H2,1-4H3,(H,26,29)/t23-/m1/s1. The molecule has 1 atom stereocenters. The van der Waals surface area contributed by atoms with Gasteiger partial charge in [-0.2, -0.15) is 0 Å². The van der Waals surface area contributed by atoms with E-state index in [1.54, 1.807) is 12.0 Å². The second-order valence-corrected chi connectivity index (χ2v) is 7.37. The smallest absolute Gasteiger partial charge is 0.261 e. The third-order valence-corrected chi connectivity index (χ3v) is 5.12. The Hall–Kier alpha value is -3.02. The Morgan fingerprint density at radius 2 is 1.74 bits per heavy atom. The highest BCUT2D eigenvalue weighted by atomic mass is 16.5. The van der Waals surface area contributed by atoms with Crippen LogP contribution in [0, 0.1) is 0 Å². The largest absolute Gasteiger partial charge is 0.497 e. The highest BCUT2D eigenvalue weighted by Crippen LogP contribution is 2.18. The quantitative estimate of drug-likeness (QED) is 0.558. The molecule has 2 amide bonds. The molecule has 168 valence electrons.